The van der Waals surface area contributed by atoms with Crippen LogP contribution < -0.4 is 5.73 Å². The topological polar surface area (TPSA) is 86.8 Å². The predicted molar refractivity (Wildman–Crippen MR) is 123 cm³/mol. The number of nitrogens with two attached hydrogens (primary N) is 1. The molecule has 0 radical (unpaired) electrons. The minimum atomic E-state index is -0.917. The van der Waals surface area contributed by atoms with Gasteiger partial charge in [-0.1, -0.05) is 70.4 Å². The number of aliphatic hydroxyl groups is 2. The van der Waals surface area contributed by atoms with Crippen LogP contribution in [0.1, 0.15) is 104 Å². The van der Waals surface area contributed by atoms with Crippen LogP contribution in [-0.4, -0.2) is 52.9 Å². The number of allylic oxidation sites excluding steroid dienone is 2. The van der Waals surface area contributed by atoms with Gasteiger partial charge in [0.1, 0.15) is 0 Å². The predicted octanol–water partition coefficient (Wildman–Crippen LogP) is 4.55. The maximum atomic E-state index is 12.3. The second kappa shape index (κ2) is 20.4. The first-order valence-electron chi connectivity index (χ1n) is 12.0. The summed E-state index contributed by atoms with van der Waals surface area (Å²) in [5, 5.41) is 19.2. The van der Waals surface area contributed by atoms with E-state index in [9.17, 15) is 15.0 Å². The second-order valence-electron chi connectivity index (χ2n) is 8.27. The van der Waals surface area contributed by atoms with Gasteiger partial charge in [0.05, 0.1) is 12.2 Å². The summed E-state index contributed by atoms with van der Waals surface area (Å²) < 4.78 is 0. The van der Waals surface area contributed by atoms with Crippen molar-refractivity contribution in [1.82, 2.24) is 4.90 Å². The number of unbranched alkanes of at least 4 members (excludes halogenated alkanes) is 11. The first-order chi connectivity index (χ1) is 14.0. The summed E-state index contributed by atoms with van der Waals surface area (Å²) >= 11 is 0. The lowest BCUT2D eigenvalue weighted by Gasteiger charge is -2.26. The third kappa shape index (κ3) is 17.6. The van der Waals surface area contributed by atoms with Crippen LogP contribution in [-0.2, 0) is 4.79 Å². The van der Waals surface area contributed by atoms with Gasteiger partial charge in [-0.2, -0.15) is 0 Å². The SMILES string of the molecule is CCCCCCCC/C=C\CCCCCCCC(=O)N(CCN)CC(O)C(C)O. The van der Waals surface area contributed by atoms with Crippen molar-refractivity contribution in [2.24, 2.45) is 5.73 Å². The van der Waals surface area contributed by atoms with Crippen molar-refractivity contribution in [2.45, 2.75) is 116 Å². The van der Waals surface area contributed by atoms with Crippen LogP contribution >= 0.6 is 0 Å². The number of aliphatic hydroxyl groups excluding tert-OH is 2. The summed E-state index contributed by atoms with van der Waals surface area (Å²) in [5.74, 6) is 0.0211. The molecule has 0 aliphatic rings. The molecular weight excluding hydrogens is 364 g/mol. The molecule has 0 aromatic carbocycles. The molecule has 0 fully saturated rings. The molecule has 0 aromatic rings. The number of carbonyl (C=O) groups excluding carboxylic acids is 1. The molecule has 5 nitrogen and oxygen atoms in total. The summed E-state index contributed by atoms with van der Waals surface area (Å²) in [7, 11) is 0. The van der Waals surface area contributed by atoms with Crippen molar-refractivity contribution in [3.05, 3.63) is 12.2 Å². The highest BCUT2D eigenvalue weighted by atomic mass is 16.3. The van der Waals surface area contributed by atoms with Gasteiger partial charge in [-0.05, 0) is 39.0 Å². The van der Waals surface area contributed by atoms with E-state index in [4.69, 9.17) is 5.73 Å². The minimum Gasteiger partial charge on any atom is -0.391 e. The van der Waals surface area contributed by atoms with Crippen LogP contribution in [0.25, 0.3) is 0 Å². The molecule has 0 aliphatic carbocycles. The zero-order valence-electron chi connectivity index (χ0n) is 19.2. The van der Waals surface area contributed by atoms with Gasteiger partial charge in [0.2, 0.25) is 5.91 Å². The Morgan fingerprint density at radius 3 is 1.93 bits per heavy atom. The second-order valence-corrected chi connectivity index (χ2v) is 8.27. The fourth-order valence-electron chi connectivity index (χ4n) is 3.36. The Balaban J connectivity index is 3.62. The summed E-state index contributed by atoms with van der Waals surface area (Å²) in [4.78, 5) is 13.9. The van der Waals surface area contributed by atoms with E-state index in [1.54, 1.807) is 4.90 Å². The lowest BCUT2D eigenvalue weighted by Crippen LogP contribution is -2.43. The molecule has 0 aromatic heterocycles. The van der Waals surface area contributed by atoms with Crippen LogP contribution in [0.5, 0.6) is 0 Å². The highest BCUT2D eigenvalue weighted by molar-refractivity contribution is 5.76. The van der Waals surface area contributed by atoms with Crippen molar-refractivity contribution < 1.29 is 15.0 Å². The molecule has 172 valence electrons. The number of nitrogens with zero attached hydrogens (tertiary/aromatic N) is 1. The van der Waals surface area contributed by atoms with E-state index in [2.05, 4.69) is 19.1 Å². The van der Waals surface area contributed by atoms with Gasteiger partial charge in [0, 0.05) is 26.1 Å². The van der Waals surface area contributed by atoms with Gasteiger partial charge in [-0.15, -0.1) is 0 Å². The van der Waals surface area contributed by atoms with Gasteiger partial charge < -0.3 is 20.8 Å². The number of hydrogen-bond donors (Lipinski definition) is 3. The van der Waals surface area contributed by atoms with Gasteiger partial charge in [-0.3, -0.25) is 4.79 Å². The third-order valence-corrected chi connectivity index (χ3v) is 5.37. The number of hydrogen-bond acceptors (Lipinski definition) is 4. The molecule has 0 aliphatic heterocycles. The molecule has 4 N–H and O–H groups in total. The zero-order valence-corrected chi connectivity index (χ0v) is 19.2. The van der Waals surface area contributed by atoms with Crippen LogP contribution in [0, 0.1) is 0 Å². The number of carbonyl (C=O) groups is 1. The van der Waals surface area contributed by atoms with E-state index >= 15 is 0 Å². The molecule has 0 saturated heterocycles. The van der Waals surface area contributed by atoms with Crippen molar-refractivity contribution in [3.63, 3.8) is 0 Å². The Hall–Kier alpha value is -0.910. The fraction of sp³-hybridized carbons (Fsp3) is 0.875. The molecule has 0 spiro atoms. The highest BCUT2D eigenvalue weighted by Crippen LogP contribution is 2.11. The first-order valence-corrected chi connectivity index (χ1v) is 12.0. The Kier molecular flexibility index (Phi) is 19.7. The average Bonchev–Trinajstić information content (AvgIpc) is 2.70. The molecule has 1 amide bonds. The summed E-state index contributed by atoms with van der Waals surface area (Å²) in [6.07, 6.45) is 19.5. The van der Waals surface area contributed by atoms with Crippen LogP contribution in [0.2, 0.25) is 0 Å². The molecule has 0 saturated carbocycles. The Bertz CT molecular complexity index is 400. The lowest BCUT2D eigenvalue weighted by atomic mass is 10.1. The van der Waals surface area contributed by atoms with Crippen molar-refractivity contribution in [1.29, 1.82) is 0 Å². The number of amides is 1. The number of rotatable bonds is 20. The zero-order chi connectivity index (χ0) is 21.7. The molecular formula is C24H48N2O3. The maximum Gasteiger partial charge on any atom is 0.222 e. The lowest BCUT2D eigenvalue weighted by molar-refractivity contribution is -0.133. The van der Waals surface area contributed by atoms with E-state index < -0.39 is 12.2 Å². The van der Waals surface area contributed by atoms with E-state index in [0.29, 0.717) is 19.5 Å². The molecule has 0 bridgehead atoms. The van der Waals surface area contributed by atoms with E-state index in [0.717, 1.165) is 25.7 Å². The van der Waals surface area contributed by atoms with Gasteiger partial charge in [0.15, 0.2) is 0 Å². The van der Waals surface area contributed by atoms with Crippen molar-refractivity contribution >= 4 is 5.91 Å². The minimum absolute atomic E-state index is 0.0211. The average molecular weight is 413 g/mol. The largest absolute Gasteiger partial charge is 0.391 e. The van der Waals surface area contributed by atoms with Crippen LogP contribution in [0.4, 0.5) is 0 Å². The monoisotopic (exact) mass is 412 g/mol. The molecule has 0 rings (SSSR count). The smallest absolute Gasteiger partial charge is 0.222 e. The van der Waals surface area contributed by atoms with Gasteiger partial charge in [0.25, 0.3) is 0 Å². The van der Waals surface area contributed by atoms with Crippen molar-refractivity contribution in [2.75, 3.05) is 19.6 Å². The van der Waals surface area contributed by atoms with Gasteiger partial charge >= 0.3 is 0 Å². The van der Waals surface area contributed by atoms with Gasteiger partial charge in [-0.25, -0.2) is 0 Å². The van der Waals surface area contributed by atoms with E-state index in [1.807, 2.05) is 0 Å². The molecule has 2 unspecified atom stereocenters. The standard InChI is InChI=1S/C24H48N2O3/c1-3-4-5-6-7-8-9-10-11-12-13-14-15-16-17-18-24(29)26(20-19-25)21-23(28)22(2)27/h10-11,22-23,27-28H,3-9,12-21,25H2,1-2H3/b11-10-. The molecule has 29 heavy (non-hydrogen) atoms. The van der Waals surface area contributed by atoms with E-state index in [1.165, 1.54) is 64.7 Å². The van der Waals surface area contributed by atoms with Crippen LogP contribution in [0.3, 0.4) is 0 Å². The molecule has 0 heterocycles. The quantitative estimate of drug-likeness (QED) is 0.202. The first kappa shape index (κ1) is 28.1. The summed E-state index contributed by atoms with van der Waals surface area (Å²) in [5.41, 5.74) is 5.56. The Morgan fingerprint density at radius 2 is 1.41 bits per heavy atom. The molecule has 5 heteroatoms. The summed E-state index contributed by atoms with van der Waals surface area (Å²) in [6.45, 7) is 4.73. The van der Waals surface area contributed by atoms with Crippen molar-refractivity contribution in [3.8, 4) is 0 Å². The van der Waals surface area contributed by atoms with E-state index in [-0.39, 0.29) is 12.5 Å². The maximum absolute atomic E-state index is 12.3. The fourth-order valence-corrected chi connectivity index (χ4v) is 3.36. The van der Waals surface area contributed by atoms with Crippen LogP contribution in [0.15, 0.2) is 12.2 Å². The Labute approximate surface area is 179 Å². The third-order valence-electron chi connectivity index (χ3n) is 5.37. The summed E-state index contributed by atoms with van der Waals surface area (Å²) in [6, 6.07) is 0. The molecule has 2 atom stereocenters. The Morgan fingerprint density at radius 1 is 0.897 bits per heavy atom. The highest BCUT2D eigenvalue weighted by Gasteiger charge is 2.19. The normalized spacial score (nSPS) is 13.7.